The largest absolute Gasteiger partial charge is 0.256 e. The Bertz CT molecular complexity index is 1350. The topological polar surface area (TPSA) is 12.9 Å². The molecular formula is C23H23NS. The molecule has 0 aliphatic carbocycles. The van der Waals surface area contributed by atoms with Crippen molar-refractivity contribution >= 4 is 31.5 Å². The third-order valence-electron chi connectivity index (χ3n) is 4.12. The molecular weight excluding hydrogens is 322 g/mol. The number of hydrogen-bond acceptors (Lipinski definition) is 2. The van der Waals surface area contributed by atoms with E-state index < -0.39 is 26.0 Å². The van der Waals surface area contributed by atoms with Crippen molar-refractivity contribution in [2.24, 2.45) is 5.92 Å². The second-order valence-corrected chi connectivity index (χ2v) is 7.46. The molecule has 1 nitrogen and oxygen atoms in total. The van der Waals surface area contributed by atoms with Gasteiger partial charge in [0.2, 0.25) is 0 Å². The van der Waals surface area contributed by atoms with Gasteiger partial charge in [-0.25, -0.2) is 0 Å². The Morgan fingerprint density at radius 1 is 1.12 bits per heavy atom. The van der Waals surface area contributed by atoms with E-state index in [1.807, 2.05) is 24.3 Å². The normalized spacial score (nSPS) is 18.0. The Balaban J connectivity index is 1.97. The van der Waals surface area contributed by atoms with Crippen LogP contribution < -0.4 is 0 Å². The van der Waals surface area contributed by atoms with Crippen molar-refractivity contribution in [3.63, 3.8) is 0 Å². The summed E-state index contributed by atoms with van der Waals surface area (Å²) >= 11 is 1.45. The summed E-state index contributed by atoms with van der Waals surface area (Å²) in [5.41, 5.74) is 1.54. The summed E-state index contributed by atoms with van der Waals surface area (Å²) in [5, 5.41) is 1.88. The minimum absolute atomic E-state index is 0.0872. The van der Waals surface area contributed by atoms with Crippen molar-refractivity contribution in [2.45, 2.75) is 33.9 Å². The number of rotatable bonds is 3. The SMILES string of the molecule is [2H]C([2H])([2H])c1ccc2c(c1)sc1c(-c3cc(C([2H])([2H])C(C)C)c(C([2H])([2H])[2H])cn3)cccc12. The maximum atomic E-state index is 8.57. The summed E-state index contributed by atoms with van der Waals surface area (Å²) in [4.78, 5) is 4.42. The maximum absolute atomic E-state index is 8.57. The standard InChI is InChI=1S/C23H23NS/c1-14(2)10-17-12-21(24-13-16(17)4)20-7-5-6-19-18-9-8-15(3)11-22(18)25-23(19)20/h5-9,11-14H,10H2,1-4H3/i3D3,4D3,10D2. The number of nitrogens with zero attached hydrogens (tertiary/aromatic N) is 1. The molecule has 0 saturated carbocycles. The summed E-state index contributed by atoms with van der Waals surface area (Å²) in [5.74, 6) is -0.438. The molecule has 0 radical (unpaired) electrons. The molecule has 4 aromatic rings. The highest BCUT2D eigenvalue weighted by Crippen LogP contribution is 2.39. The molecule has 0 saturated heterocycles. The Hall–Kier alpha value is -2.19. The Morgan fingerprint density at radius 3 is 2.84 bits per heavy atom. The van der Waals surface area contributed by atoms with E-state index in [4.69, 9.17) is 11.0 Å². The van der Waals surface area contributed by atoms with Crippen molar-refractivity contribution in [1.29, 1.82) is 0 Å². The first-order chi connectivity index (χ1) is 15.2. The molecule has 0 spiro atoms. The predicted octanol–water partition coefficient (Wildman–Crippen LogP) is 6.93. The van der Waals surface area contributed by atoms with Gasteiger partial charge in [0.1, 0.15) is 0 Å². The van der Waals surface area contributed by atoms with Gasteiger partial charge in [-0.1, -0.05) is 44.2 Å². The molecule has 25 heavy (non-hydrogen) atoms. The van der Waals surface area contributed by atoms with E-state index >= 15 is 0 Å². The molecule has 4 rings (SSSR count). The van der Waals surface area contributed by atoms with E-state index in [0.717, 1.165) is 25.7 Å². The second-order valence-electron chi connectivity index (χ2n) is 6.41. The van der Waals surface area contributed by atoms with Crippen molar-refractivity contribution < 1.29 is 11.0 Å². The molecule has 0 aliphatic heterocycles. The van der Waals surface area contributed by atoms with Crippen LogP contribution in [0.4, 0.5) is 0 Å². The molecule has 0 N–H and O–H groups in total. The average molecular weight is 354 g/mol. The number of aromatic nitrogens is 1. The summed E-state index contributed by atoms with van der Waals surface area (Å²) in [6.07, 6.45) is -0.596. The van der Waals surface area contributed by atoms with Crippen molar-refractivity contribution in [3.05, 3.63) is 65.4 Å². The lowest BCUT2D eigenvalue weighted by molar-refractivity contribution is 0.644. The molecule has 2 aromatic heterocycles. The third kappa shape index (κ3) is 2.96. The smallest absolute Gasteiger partial charge is 0.0719 e. The van der Waals surface area contributed by atoms with Crippen LogP contribution in [0.1, 0.15) is 41.5 Å². The van der Waals surface area contributed by atoms with Crippen molar-refractivity contribution in [3.8, 4) is 11.3 Å². The number of aryl methyl sites for hydroxylation is 2. The number of benzene rings is 2. The van der Waals surface area contributed by atoms with Gasteiger partial charge in [0.15, 0.2) is 0 Å². The number of fused-ring (bicyclic) bond motifs is 3. The highest BCUT2D eigenvalue weighted by atomic mass is 32.1. The van der Waals surface area contributed by atoms with Gasteiger partial charge in [0, 0.05) is 42.9 Å². The molecule has 2 heteroatoms. The zero-order valence-electron chi connectivity index (χ0n) is 22.1. The molecule has 2 aromatic carbocycles. The van der Waals surface area contributed by atoms with Crippen LogP contribution in [0.2, 0.25) is 0 Å². The van der Waals surface area contributed by atoms with Crippen molar-refractivity contribution in [2.75, 3.05) is 0 Å². The van der Waals surface area contributed by atoms with Crippen LogP contribution in [0.3, 0.4) is 0 Å². The van der Waals surface area contributed by atoms with Crippen LogP contribution >= 0.6 is 11.3 Å². The first-order valence-corrected chi connectivity index (χ1v) is 9.00. The molecule has 0 aliphatic rings. The average Bonchev–Trinajstić information content (AvgIpc) is 3.10. The highest BCUT2D eigenvalue weighted by molar-refractivity contribution is 7.26. The van der Waals surface area contributed by atoms with Gasteiger partial charge >= 0.3 is 0 Å². The molecule has 2 heterocycles. The molecule has 0 fully saturated rings. The van der Waals surface area contributed by atoms with E-state index in [1.54, 1.807) is 32.0 Å². The van der Waals surface area contributed by atoms with Gasteiger partial charge in [-0.05, 0) is 54.8 Å². The molecule has 126 valence electrons. The first-order valence-electron chi connectivity index (χ1n) is 12.2. The van der Waals surface area contributed by atoms with Crippen LogP contribution in [0.25, 0.3) is 31.4 Å². The summed E-state index contributed by atoms with van der Waals surface area (Å²) in [6.45, 7) is -1.24. The Labute approximate surface area is 164 Å². The molecule has 0 bridgehead atoms. The van der Waals surface area contributed by atoms with Crippen LogP contribution in [-0.2, 0) is 6.37 Å². The highest BCUT2D eigenvalue weighted by Gasteiger charge is 2.12. The van der Waals surface area contributed by atoms with E-state index in [1.165, 1.54) is 17.5 Å². The fourth-order valence-electron chi connectivity index (χ4n) is 3.03. The van der Waals surface area contributed by atoms with E-state index in [9.17, 15) is 0 Å². The van der Waals surface area contributed by atoms with E-state index in [2.05, 4.69) is 4.98 Å². The van der Waals surface area contributed by atoms with Gasteiger partial charge in [0.25, 0.3) is 0 Å². The quantitative estimate of drug-likeness (QED) is 0.389. The zero-order valence-corrected chi connectivity index (χ0v) is 14.9. The Morgan fingerprint density at radius 2 is 2.04 bits per heavy atom. The minimum Gasteiger partial charge on any atom is -0.256 e. The lowest BCUT2D eigenvalue weighted by atomic mass is 9.97. The number of hydrogen-bond donors (Lipinski definition) is 0. The third-order valence-corrected chi connectivity index (χ3v) is 5.32. The predicted molar refractivity (Wildman–Crippen MR) is 111 cm³/mol. The molecule has 0 atom stereocenters. The minimum atomic E-state index is -2.49. The fraction of sp³-hybridized carbons (Fsp3) is 0.261. The number of thiophene rings is 1. The van der Waals surface area contributed by atoms with Gasteiger partial charge in [-0.3, -0.25) is 4.98 Å². The summed E-state index contributed by atoms with van der Waals surface area (Å²) in [6, 6.07) is 12.4. The van der Waals surface area contributed by atoms with Crippen LogP contribution in [-0.4, -0.2) is 4.98 Å². The van der Waals surface area contributed by atoms with E-state index in [0.29, 0.717) is 5.69 Å². The van der Waals surface area contributed by atoms with Crippen LogP contribution in [0, 0.1) is 19.6 Å². The molecule has 0 amide bonds. The number of pyridine rings is 1. The monoisotopic (exact) mass is 353 g/mol. The molecule has 0 unspecified atom stereocenters. The van der Waals surface area contributed by atoms with Crippen molar-refractivity contribution in [1.82, 2.24) is 4.98 Å². The Kier molecular flexibility index (Phi) is 2.38. The fourth-order valence-corrected chi connectivity index (χ4v) is 4.30. The van der Waals surface area contributed by atoms with Gasteiger partial charge in [-0.2, -0.15) is 0 Å². The summed E-state index contributed by atoms with van der Waals surface area (Å²) in [7, 11) is 0. The van der Waals surface area contributed by atoms with Gasteiger partial charge in [0.05, 0.1) is 5.69 Å². The van der Waals surface area contributed by atoms with Crippen LogP contribution in [0.15, 0.2) is 48.7 Å². The van der Waals surface area contributed by atoms with Gasteiger partial charge < -0.3 is 0 Å². The second kappa shape index (κ2) is 6.27. The van der Waals surface area contributed by atoms with E-state index in [-0.39, 0.29) is 16.7 Å². The zero-order chi connectivity index (χ0) is 24.3. The maximum Gasteiger partial charge on any atom is 0.0719 e. The lowest BCUT2D eigenvalue weighted by Crippen LogP contribution is -1.98. The first kappa shape index (κ1) is 9.49. The van der Waals surface area contributed by atoms with Crippen LogP contribution in [0.5, 0.6) is 0 Å². The summed E-state index contributed by atoms with van der Waals surface area (Å²) < 4.78 is 65.6. The van der Waals surface area contributed by atoms with Gasteiger partial charge in [-0.15, -0.1) is 11.3 Å². The lowest BCUT2D eigenvalue weighted by Gasteiger charge is -2.11.